The maximum atomic E-state index is 5.52. The Hall–Kier alpha value is -2.21. The molecule has 3 aromatic heterocycles. The SMILES string of the molecule is Nc1cnc(Cn2ccnc2-c2cccs2)cn1. The van der Waals surface area contributed by atoms with Crippen molar-refractivity contribution in [3.63, 3.8) is 0 Å². The summed E-state index contributed by atoms with van der Waals surface area (Å²) in [6, 6.07) is 4.07. The molecule has 3 heterocycles. The number of nitrogens with zero attached hydrogens (tertiary/aromatic N) is 4. The highest BCUT2D eigenvalue weighted by Crippen LogP contribution is 2.23. The van der Waals surface area contributed by atoms with Crippen molar-refractivity contribution in [3.05, 3.63) is 48.0 Å². The van der Waals surface area contributed by atoms with Gasteiger partial charge in [-0.1, -0.05) is 6.07 Å². The lowest BCUT2D eigenvalue weighted by Crippen LogP contribution is -2.03. The number of nitrogen functional groups attached to an aromatic ring is 1. The summed E-state index contributed by atoms with van der Waals surface area (Å²) < 4.78 is 2.05. The molecule has 0 atom stereocenters. The van der Waals surface area contributed by atoms with Crippen LogP contribution in [0.25, 0.3) is 10.7 Å². The zero-order chi connectivity index (χ0) is 12.4. The van der Waals surface area contributed by atoms with E-state index in [4.69, 9.17) is 5.73 Å². The summed E-state index contributed by atoms with van der Waals surface area (Å²) in [5, 5.41) is 2.04. The van der Waals surface area contributed by atoms with Crippen molar-refractivity contribution >= 4 is 17.2 Å². The standard InChI is InChI=1S/C12H11N5S/c13-11-7-15-9(6-16-11)8-17-4-3-14-12(17)10-2-1-5-18-10/h1-7H,8H2,(H2,13,16). The molecule has 0 aliphatic rings. The Labute approximate surface area is 108 Å². The fourth-order valence-corrected chi connectivity index (χ4v) is 2.42. The molecular weight excluding hydrogens is 246 g/mol. The molecule has 5 nitrogen and oxygen atoms in total. The molecule has 2 N–H and O–H groups in total. The average molecular weight is 257 g/mol. The van der Waals surface area contributed by atoms with Crippen LogP contribution in [0.5, 0.6) is 0 Å². The molecule has 6 heteroatoms. The van der Waals surface area contributed by atoms with Gasteiger partial charge in [0.1, 0.15) is 11.6 Å². The first-order valence-electron chi connectivity index (χ1n) is 5.44. The van der Waals surface area contributed by atoms with E-state index < -0.39 is 0 Å². The van der Waals surface area contributed by atoms with Crippen molar-refractivity contribution in [3.8, 4) is 10.7 Å². The fourth-order valence-electron chi connectivity index (χ4n) is 1.69. The van der Waals surface area contributed by atoms with Crippen LogP contribution >= 0.6 is 11.3 Å². The predicted molar refractivity (Wildman–Crippen MR) is 71.1 cm³/mol. The van der Waals surface area contributed by atoms with E-state index in [2.05, 4.69) is 21.0 Å². The van der Waals surface area contributed by atoms with Crippen molar-refractivity contribution in [2.24, 2.45) is 0 Å². The molecule has 0 saturated heterocycles. The van der Waals surface area contributed by atoms with Crippen molar-refractivity contribution in [1.82, 2.24) is 19.5 Å². The first kappa shape index (κ1) is 10.9. The summed E-state index contributed by atoms with van der Waals surface area (Å²) in [6.45, 7) is 0.639. The molecule has 0 spiro atoms. The number of thiophene rings is 1. The van der Waals surface area contributed by atoms with Crippen LogP contribution < -0.4 is 5.73 Å². The molecule has 0 bridgehead atoms. The van der Waals surface area contributed by atoms with Gasteiger partial charge in [-0.15, -0.1) is 11.3 Å². The van der Waals surface area contributed by atoms with Crippen LogP contribution in [0.1, 0.15) is 5.69 Å². The Morgan fingerprint density at radius 1 is 1.22 bits per heavy atom. The second kappa shape index (κ2) is 4.58. The van der Waals surface area contributed by atoms with Crippen LogP contribution in [0.3, 0.4) is 0 Å². The molecule has 0 saturated carbocycles. The first-order chi connectivity index (χ1) is 8.83. The van der Waals surface area contributed by atoms with Crippen LogP contribution in [0.4, 0.5) is 5.82 Å². The highest BCUT2D eigenvalue weighted by Gasteiger charge is 2.07. The van der Waals surface area contributed by atoms with Crippen molar-refractivity contribution in [2.45, 2.75) is 6.54 Å². The molecule has 0 unspecified atom stereocenters. The number of hydrogen-bond acceptors (Lipinski definition) is 5. The Morgan fingerprint density at radius 3 is 2.89 bits per heavy atom. The van der Waals surface area contributed by atoms with E-state index in [0.29, 0.717) is 12.4 Å². The number of imidazole rings is 1. The summed E-state index contributed by atoms with van der Waals surface area (Å²) in [5.41, 5.74) is 6.38. The largest absolute Gasteiger partial charge is 0.382 e. The van der Waals surface area contributed by atoms with Gasteiger partial charge in [0.2, 0.25) is 0 Å². The lowest BCUT2D eigenvalue weighted by atomic mass is 10.4. The van der Waals surface area contributed by atoms with Crippen LogP contribution in [-0.4, -0.2) is 19.5 Å². The minimum Gasteiger partial charge on any atom is -0.382 e. The first-order valence-corrected chi connectivity index (χ1v) is 6.32. The Kier molecular flexibility index (Phi) is 2.77. The summed E-state index contributed by atoms with van der Waals surface area (Å²) in [4.78, 5) is 13.8. The Morgan fingerprint density at radius 2 is 2.17 bits per heavy atom. The molecule has 3 aromatic rings. The fraction of sp³-hybridized carbons (Fsp3) is 0.0833. The number of anilines is 1. The normalized spacial score (nSPS) is 10.7. The van der Waals surface area contributed by atoms with Gasteiger partial charge < -0.3 is 10.3 Å². The minimum absolute atomic E-state index is 0.433. The van der Waals surface area contributed by atoms with E-state index in [1.807, 2.05) is 22.2 Å². The van der Waals surface area contributed by atoms with E-state index in [-0.39, 0.29) is 0 Å². The zero-order valence-corrected chi connectivity index (χ0v) is 10.3. The van der Waals surface area contributed by atoms with Crippen molar-refractivity contribution in [1.29, 1.82) is 0 Å². The Bertz CT molecular complexity index is 627. The van der Waals surface area contributed by atoms with E-state index in [0.717, 1.165) is 16.4 Å². The lowest BCUT2D eigenvalue weighted by Gasteiger charge is -2.05. The third-order valence-electron chi connectivity index (χ3n) is 2.51. The van der Waals surface area contributed by atoms with Gasteiger partial charge in [0, 0.05) is 12.4 Å². The van der Waals surface area contributed by atoms with Crippen molar-refractivity contribution < 1.29 is 0 Å². The molecule has 0 amide bonds. The highest BCUT2D eigenvalue weighted by atomic mass is 32.1. The van der Waals surface area contributed by atoms with Crippen LogP contribution in [-0.2, 0) is 6.54 Å². The van der Waals surface area contributed by atoms with E-state index >= 15 is 0 Å². The van der Waals surface area contributed by atoms with Gasteiger partial charge in [-0.2, -0.15) is 0 Å². The van der Waals surface area contributed by atoms with Gasteiger partial charge in [-0.3, -0.25) is 4.98 Å². The van der Waals surface area contributed by atoms with E-state index in [1.165, 1.54) is 0 Å². The van der Waals surface area contributed by atoms with E-state index in [1.54, 1.807) is 29.9 Å². The van der Waals surface area contributed by atoms with Crippen LogP contribution in [0, 0.1) is 0 Å². The van der Waals surface area contributed by atoms with Gasteiger partial charge >= 0.3 is 0 Å². The molecule has 0 aliphatic heterocycles. The zero-order valence-electron chi connectivity index (χ0n) is 9.52. The quantitative estimate of drug-likeness (QED) is 0.779. The topological polar surface area (TPSA) is 69.6 Å². The van der Waals surface area contributed by atoms with Gasteiger partial charge in [-0.05, 0) is 11.4 Å². The molecule has 0 fully saturated rings. The molecule has 0 aromatic carbocycles. The van der Waals surface area contributed by atoms with Gasteiger partial charge in [0.15, 0.2) is 0 Å². The molecule has 90 valence electrons. The number of nitrogens with two attached hydrogens (primary N) is 1. The number of rotatable bonds is 3. The minimum atomic E-state index is 0.433. The monoisotopic (exact) mass is 257 g/mol. The van der Waals surface area contributed by atoms with Crippen LogP contribution in [0.15, 0.2) is 42.3 Å². The molecule has 3 rings (SSSR count). The van der Waals surface area contributed by atoms with Gasteiger partial charge in [-0.25, -0.2) is 9.97 Å². The third kappa shape index (κ3) is 2.10. The lowest BCUT2D eigenvalue weighted by molar-refractivity contribution is 0.777. The second-order valence-electron chi connectivity index (χ2n) is 3.79. The molecular formula is C12H11N5S. The summed E-state index contributed by atoms with van der Waals surface area (Å²) >= 11 is 1.67. The average Bonchev–Trinajstić information content (AvgIpc) is 3.02. The summed E-state index contributed by atoms with van der Waals surface area (Å²) in [5.74, 6) is 1.38. The van der Waals surface area contributed by atoms with E-state index in [9.17, 15) is 0 Å². The third-order valence-corrected chi connectivity index (χ3v) is 3.38. The van der Waals surface area contributed by atoms with Gasteiger partial charge in [0.25, 0.3) is 0 Å². The number of aromatic nitrogens is 4. The summed E-state index contributed by atoms with van der Waals surface area (Å²) in [7, 11) is 0. The number of hydrogen-bond donors (Lipinski definition) is 1. The summed E-state index contributed by atoms with van der Waals surface area (Å²) in [6.07, 6.45) is 6.98. The molecule has 0 radical (unpaired) electrons. The maximum absolute atomic E-state index is 5.52. The second-order valence-corrected chi connectivity index (χ2v) is 4.74. The van der Waals surface area contributed by atoms with Crippen LogP contribution in [0.2, 0.25) is 0 Å². The molecule has 0 aliphatic carbocycles. The van der Waals surface area contributed by atoms with Crippen molar-refractivity contribution in [2.75, 3.05) is 5.73 Å². The maximum Gasteiger partial charge on any atom is 0.150 e. The predicted octanol–water partition coefficient (Wildman–Crippen LogP) is 2.03. The smallest absolute Gasteiger partial charge is 0.150 e. The Balaban J connectivity index is 1.90. The molecule has 18 heavy (non-hydrogen) atoms. The van der Waals surface area contributed by atoms with Gasteiger partial charge in [0.05, 0.1) is 29.5 Å². The highest BCUT2D eigenvalue weighted by molar-refractivity contribution is 7.13.